The first kappa shape index (κ1) is 32.5. The fraction of sp³-hybridized carbons (Fsp3) is 0.375. The van der Waals surface area contributed by atoms with E-state index in [1.54, 1.807) is 30.7 Å². The number of anilines is 2. The van der Waals surface area contributed by atoms with Gasteiger partial charge >= 0.3 is 5.97 Å². The summed E-state index contributed by atoms with van der Waals surface area (Å²) in [6.45, 7) is 8.38. The molecule has 0 amide bonds. The number of hydrogen-bond donors (Lipinski definition) is 3. The number of nitrogens with zero attached hydrogens (tertiary/aromatic N) is 7. The molecule has 0 aliphatic heterocycles. The molecular formula is C32H37N9O4. The summed E-state index contributed by atoms with van der Waals surface area (Å²) in [6.07, 6.45) is 4.27. The number of nitro benzene ring substituents is 1. The largest absolute Gasteiger partial charge is 0.481 e. The highest BCUT2D eigenvalue weighted by molar-refractivity contribution is 5.90. The van der Waals surface area contributed by atoms with Crippen LogP contribution in [0.25, 0.3) is 16.6 Å². The minimum Gasteiger partial charge on any atom is -0.481 e. The maximum atomic E-state index is 11.5. The number of nitro groups is 1. The minimum atomic E-state index is -0.959. The van der Waals surface area contributed by atoms with Gasteiger partial charge in [0, 0.05) is 36.2 Å². The first-order valence-corrected chi connectivity index (χ1v) is 15.0. The quantitative estimate of drug-likeness (QED) is 0.0688. The van der Waals surface area contributed by atoms with Crippen LogP contribution in [0.15, 0.2) is 58.8 Å². The Morgan fingerprint density at radius 3 is 2.47 bits per heavy atom. The Morgan fingerprint density at radius 2 is 1.82 bits per heavy atom. The zero-order valence-electron chi connectivity index (χ0n) is 25.8. The molecule has 3 N–H and O–H groups in total. The number of rotatable bonds is 15. The van der Waals surface area contributed by atoms with Gasteiger partial charge in [-0.3, -0.25) is 14.9 Å². The van der Waals surface area contributed by atoms with Crippen molar-refractivity contribution in [2.45, 2.75) is 53.4 Å². The molecule has 0 aliphatic rings. The SMILES string of the molecule is CCCCC(CC)CNc1nc(NCC(C)C(=O)O)c(N=Nc2nn(-c3ccc([N+](=O)[O-])cc3)c3ccccc23)c(C)c1C#N. The summed E-state index contributed by atoms with van der Waals surface area (Å²) < 4.78 is 1.63. The second-order valence-corrected chi connectivity index (χ2v) is 10.9. The monoisotopic (exact) mass is 611 g/mol. The third-order valence-electron chi connectivity index (χ3n) is 7.74. The number of hydrogen-bond acceptors (Lipinski definition) is 10. The third-order valence-corrected chi connectivity index (χ3v) is 7.74. The zero-order valence-corrected chi connectivity index (χ0v) is 25.8. The number of aromatic nitrogens is 3. The summed E-state index contributed by atoms with van der Waals surface area (Å²) in [5, 5.41) is 51.5. The van der Waals surface area contributed by atoms with Crippen molar-refractivity contribution in [1.82, 2.24) is 14.8 Å². The van der Waals surface area contributed by atoms with Crippen LogP contribution in [0.1, 0.15) is 57.6 Å². The second-order valence-electron chi connectivity index (χ2n) is 10.9. The van der Waals surface area contributed by atoms with Crippen LogP contribution in [0, 0.1) is 40.2 Å². The van der Waals surface area contributed by atoms with Gasteiger partial charge in [-0.2, -0.15) is 5.26 Å². The number of azo groups is 1. The molecule has 4 aromatic rings. The smallest absolute Gasteiger partial charge is 0.308 e. The van der Waals surface area contributed by atoms with E-state index >= 15 is 0 Å². The Bertz CT molecular complexity index is 1740. The lowest BCUT2D eigenvalue weighted by Crippen LogP contribution is -2.21. The lowest BCUT2D eigenvalue weighted by Gasteiger charge is -2.19. The topological polar surface area (TPSA) is 184 Å². The maximum Gasteiger partial charge on any atom is 0.308 e. The minimum absolute atomic E-state index is 0.0345. The Kier molecular flexibility index (Phi) is 10.8. The van der Waals surface area contributed by atoms with Crippen molar-refractivity contribution in [3.8, 4) is 11.8 Å². The average Bonchev–Trinajstić information content (AvgIpc) is 3.41. The lowest BCUT2D eigenvalue weighted by atomic mass is 9.99. The molecule has 2 aromatic heterocycles. The van der Waals surface area contributed by atoms with Crippen LogP contribution in [-0.4, -0.2) is 43.9 Å². The number of nitrogens with one attached hydrogen (secondary N) is 2. The second kappa shape index (κ2) is 14.9. The Morgan fingerprint density at radius 1 is 1.11 bits per heavy atom. The van der Waals surface area contributed by atoms with Crippen molar-refractivity contribution in [3.05, 3.63) is 69.8 Å². The molecule has 0 spiro atoms. The van der Waals surface area contributed by atoms with Crippen LogP contribution in [0.2, 0.25) is 0 Å². The van der Waals surface area contributed by atoms with E-state index in [0.29, 0.717) is 52.0 Å². The number of benzene rings is 2. The number of aliphatic carboxylic acids is 1. The molecule has 2 unspecified atom stereocenters. The van der Waals surface area contributed by atoms with E-state index in [4.69, 9.17) is 4.98 Å². The molecule has 0 radical (unpaired) electrons. The highest BCUT2D eigenvalue weighted by Crippen LogP contribution is 2.36. The molecule has 0 saturated heterocycles. The van der Waals surface area contributed by atoms with Crippen molar-refractivity contribution >= 4 is 45.7 Å². The number of nitriles is 1. The lowest BCUT2D eigenvalue weighted by molar-refractivity contribution is -0.384. The van der Waals surface area contributed by atoms with Crippen LogP contribution in [-0.2, 0) is 4.79 Å². The number of carboxylic acid groups (broad SMARTS) is 1. The van der Waals surface area contributed by atoms with E-state index in [1.165, 1.54) is 12.1 Å². The molecule has 45 heavy (non-hydrogen) atoms. The fourth-order valence-corrected chi connectivity index (χ4v) is 4.86. The Labute approximate surface area is 261 Å². The fourth-order valence-electron chi connectivity index (χ4n) is 4.86. The van der Waals surface area contributed by atoms with Crippen LogP contribution in [0.3, 0.4) is 0 Å². The molecule has 234 valence electrons. The summed E-state index contributed by atoms with van der Waals surface area (Å²) in [7, 11) is 0. The van der Waals surface area contributed by atoms with E-state index in [-0.39, 0.29) is 18.1 Å². The van der Waals surface area contributed by atoms with Crippen LogP contribution >= 0.6 is 0 Å². The highest BCUT2D eigenvalue weighted by Gasteiger charge is 2.21. The third kappa shape index (κ3) is 7.59. The Balaban J connectivity index is 1.76. The summed E-state index contributed by atoms with van der Waals surface area (Å²) >= 11 is 0. The van der Waals surface area contributed by atoms with Crippen molar-refractivity contribution in [1.29, 1.82) is 5.26 Å². The number of para-hydroxylation sites is 1. The van der Waals surface area contributed by atoms with Gasteiger partial charge in [0.1, 0.15) is 17.6 Å². The van der Waals surface area contributed by atoms with Crippen LogP contribution in [0.4, 0.5) is 28.8 Å². The van der Waals surface area contributed by atoms with Gasteiger partial charge in [-0.05, 0) is 43.5 Å². The van der Waals surface area contributed by atoms with E-state index in [0.717, 1.165) is 31.2 Å². The molecule has 0 saturated carbocycles. The number of carbonyl (C=O) groups is 1. The number of pyridine rings is 1. The van der Waals surface area contributed by atoms with Gasteiger partial charge in [0.15, 0.2) is 5.82 Å². The molecule has 13 nitrogen and oxygen atoms in total. The molecule has 0 bridgehead atoms. The van der Waals surface area contributed by atoms with Gasteiger partial charge < -0.3 is 15.7 Å². The summed E-state index contributed by atoms with van der Waals surface area (Å²) in [4.78, 5) is 26.9. The highest BCUT2D eigenvalue weighted by atomic mass is 16.6. The van der Waals surface area contributed by atoms with Gasteiger partial charge in [0.25, 0.3) is 5.69 Å². The first-order chi connectivity index (χ1) is 21.7. The number of fused-ring (bicyclic) bond motifs is 1. The summed E-state index contributed by atoms with van der Waals surface area (Å²) in [6, 6.07) is 15.7. The zero-order chi connectivity index (χ0) is 32.5. The molecule has 4 rings (SSSR count). The van der Waals surface area contributed by atoms with Crippen molar-refractivity contribution in [2.75, 3.05) is 23.7 Å². The molecule has 0 fully saturated rings. The standard InChI is InChI=1S/C32H37N9O4/c1-5-7-10-22(6-2)19-35-29-26(17-33)21(4)28(31(36-29)34-18-20(3)32(42)43)37-38-30-25-11-8-9-12-27(25)40(39-30)23-13-15-24(16-14-23)41(44)45/h8-9,11-16,20,22H,5-7,10,18-19H2,1-4H3,(H,42,43)(H2,34,35,36). The van der Waals surface area contributed by atoms with Crippen molar-refractivity contribution < 1.29 is 14.8 Å². The van der Waals surface area contributed by atoms with Crippen molar-refractivity contribution in [3.63, 3.8) is 0 Å². The van der Waals surface area contributed by atoms with E-state index in [9.17, 15) is 25.3 Å². The molecule has 13 heteroatoms. The Hall–Kier alpha value is -5.38. The van der Waals surface area contributed by atoms with Gasteiger partial charge in [0.2, 0.25) is 5.82 Å². The molecular weight excluding hydrogens is 574 g/mol. The predicted octanol–water partition coefficient (Wildman–Crippen LogP) is 7.69. The number of unbranched alkanes of at least 4 members (excludes halogenated alkanes) is 1. The molecule has 2 heterocycles. The maximum absolute atomic E-state index is 11.5. The van der Waals surface area contributed by atoms with Gasteiger partial charge in [-0.15, -0.1) is 15.3 Å². The predicted molar refractivity (Wildman–Crippen MR) is 173 cm³/mol. The molecule has 2 aromatic carbocycles. The van der Waals surface area contributed by atoms with E-state index in [1.807, 2.05) is 24.3 Å². The normalized spacial score (nSPS) is 12.6. The summed E-state index contributed by atoms with van der Waals surface area (Å²) in [5.74, 6) is -0.256. The van der Waals surface area contributed by atoms with Crippen molar-refractivity contribution in [2.24, 2.45) is 22.1 Å². The molecule has 2 atom stereocenters. The van der Waals surface area contributed by atoms with Gasteiger partial charge in [-0.25, -0.2) is 9.67 Å². The average molecular weight is 612 g/mol. The van der Waals surface area contributed by atoms with Gasteiger partial charge in [0.05, 0.1) is 27.6 Å². The first-order valence-electron chi connectivity index (χ1n) is 15.0. The van der Waals surface area contributed by atoms with E-state index in [2.05, 4.69) is 45.9 Å². The van der Waals surface area contributed by atoms with Crippen LogP contribution < -0.4 is 10.6 Å². The number of carboxylic acids is 1. The number of non-ortho nitro benzene ring substituents is 1. The summed E-state index contributed by atoms with van der Waals surface area (Å²) in [5.41, 5.74) is 2.44. The molecule has 0 aliphatic carbocycles. The van der Waals surface area contributed by atoms with E-state index < -0.39 is 16.8 Å². The van der Waals surface area contributed by atoms with Gasteiger partial charge in [-0.1, -0.05) is 52.2 Å². The van der Waals surface area contributed by atoms with Crippen LogP contribution in [0.5, 0.6) is 0 Å².